The second-order valence-corrected chi connectivity index (χ2v) is 4.07. The molecule has 0 aliphatic carbocycles. The van der Waals surface area contributed by atoms with Gasteiger partial charge in [-0.25, -0.2) is 8.78 Å². The van der Waals surface area contributed by atoms with Crippen molar-refractivity contribution in [2.24, 2.45) is 0 Å². The molecule has 0 radical (unpaired) electrons. The first-order valence-corrected chi connectivity index (χ1v) is 5.33. The normalized spacial score (nSPS) is 10.5. The van der Waals surface area contributed by atoms with E-state index in [1.54, 1.807) is 0 Å². The molecular formula is C11H6BrF2NO2. The van der Waals surface area contributed by atoms with Crippen molar-refractivity contribution < 1.29 is 18.0 Å². The molecule has 6 heteroatoms. The summed E-state index contributed by atoms with van der Waals surface area (Å²) >= 11 is 3.03. The fourth-order valence-electron chi connectivity index (χ4n) is 1.33. The Morgan fingerprint density at radius 3 is 2.47 bits per heavy atom. The van der Waals surface area contributed by atoms with Crippen molar-refractivity contribution in [2.75, 3.05) is 5.73 Å². The highest BCUT2D eigenvalue weighted by Gasteiger charge is 2.18. The van der Waals surface area contributed by atoms with E-state index in [1.807, 2.05) is 0 Å². The van der Waals surface area contributed by atoms with Crippen LogP contribution in [0.3, 0.4) is 0 Å². The van der Waals surface area contributed by atoms with E-state index in [0.717, 1.165) is 12.1 Å². The van der Waals surface area contributed by atoms with E-state index in [-0.39, 0.29) is 17.0 Å². The lowest BCUT2D eigenvalue weighted by Gasteiger charge is -2.03. The van der Waals surface area contributed by atoms with Gasteiger partial charge in [-0.1, -0.05) is 0 Å². The summed E-state index contributed by atoms with van der Waals surface area (Å²) in [6.07, 6.45) is 0. The molecule has 1 heterocycles. The SMILES string of the molecule is Nc1cc(F)c(F)cc1C(=O)c1ccc(Br)o1. The van der Waals surface area contributed by atoms with Crippen molar-refractivity contribution >= 4 is 27.4 Å². The van der Waals surface area contributed by atoms with Crippen LogP contribution in [0.2, 0.25) is 0 Å². The molecule has 0 aliphatic heterocycles. The average Bonchev–Trinajstić information content (AvgIpc) is 2.69. The van der Waals surface area contributed by atoms with Crippen LogP contribution in [-0.4, -0.2) is 5.78 Å². The first-order valence-electron chi connectivity index (χ1n) is 4.53. The van der Waals surface area contributed by atoms with Gasteiger partial charge in [-0.2, -0.15) is 0 Å². The number of nitrogens with two attached hydrogens (primary N) is 1. The van der Waals surface area contributed by atoms with Gasteiger partial charge >= 0.3 is 0 Å². The van der Waals surface area contributed by atoms with Crippen molar-refractivity contribution in [2.45, 2.75) is 0 Å². The smallest absolute Gasteiger partial charge is 0.230 e. The van der Waals surface area contributed by atoms with E-state index in [4.69, 9.17) is 10.2 Å². The minimum absolute atomic E-state index is 0.00502. The fraction of sp³-hybridized carbons (Fsp3) is 0. The fourth-order valence-corrected chi connectivity index (χ4v) is 1.63. The summed E-state index contributed by atoms with van der Waals surface area (Å²) in [7, 11) is 0. The van der Waals surface area contributed by atoms with Gasteiger partial charge in [0.1, 0.15) is 0 Å². The average molecular weight is 302 g/mol. The van der Waals surface area contributed by atoms with Gasteiger partial charge in [-0.15, -0.1) is 0 Å². The molecule has 1 aromatic carbocycles. The van der Waals surface area contributed by atoms with Crippen LogP contribution in [0.4, 0.5) is 14.5 Å². The van der Waals surface area contributed by atoms with Crippen LogP contribution < -0.4 is 5.73 Å². The van der Waals surface area contributed by atoms with E-state index in [2.05, 4.69) is 15.9 Å². The third-order valence-corrected chi connectivity index (χ3v) is 2.56. The molecule has 2 N–H and O–H groups in total. The van der Waals surface area contributed by atoms with Crippen molar-refractivity contribution in [3.05, 3.63) is 51.9 Å². The zero-order chi connectivity index (χ0) is 12.6. The molecule has 0 saturated carbocycles. The first kappa shape index (κ1) is 11.8. The van der Waals surface area contributed by atoms with Gasteiger partial charge in [-0.05, 0) is 34.1 Å². The van der Waals surface area contributed by atoms with Crippen LogP contribution in [0.5, 0.6) is 0 Å². The number of hydrogen-bond donors (Lipinski definition) is 1. The van der Waals surface area contributed by atoms with Crippen molar-refractivity contribution in [1.82, 2.24) is 0 Å². The van der Waals surface area contributed by atoms with Gasteiger partial charge in [0.2, 0.25) is 5.78 Å². The predicted molar refractivity (Wildman–Crippen MR) is 60.6 cm³/mol. The quantitative estimate of drug-likeness (QED) is 0.685. The largest absolute Gasteiger partial charge is 0.446 e. The van der Waals surface area contributed by atoms with Crippen LogP contribution >= 0.6 is 15.9 Å². The molecular weight excluding hydrogens is 296 g/mol. The van der Waals surface area contributed by atoms with E-state index in [0.29, 0.717) is 4.67 Å². The third kappa shape index (κ3) is 2.21. The van der Waals surface area contributed by atoms with Gasteiger partial charge < -0.3 is 10.2 Å². The maximum Gasteiger partial charge on any atom is 0.230 e. The predicted octanol–water partition coefficient (Wildman–Crippen LogP) is 3.13. The number of benzene rings is 1. The summed E-state index contributed by atoms with van der Waals surface area (Å²) in [4.78, 5) is 11.9. The number of hydrogen-bond acceptors (Lipinski definition) is 3. The zero-order valence-corrected chi connectivity index (χ0v) is 9.92. The molecule has 0 unspecified atom stereocenters. The van der Waals surface area contributed by atoms with Gasteiger partial charge in [0.25, 0.3) is 0 Å². The number of ketones is 1. The number of furan rings is 1. The highest BCUT2D eigenvalue weighted by Crippen LogP contribution is 2.22. The molecule has 88 valence electrons. The maximum absolute atomic E-state index is 13.0. The van der Waals surface area contributed by atoms with E-state index in [1.165, 1.54) is 12.1 Å². The van der Waals surface area contributed by atoms with Crippen LogP contribution in [0.15, 0.2) is 33.4 Å². The standard InChI is InChI=1S/C11H6BrF2NO2/c12-10-2-1-9(17-10)11(16)5-3-6(13)7(14)4-8(5)15/h1-4H,15H2. The maximum atomic E-state index is 13.0. The summed E-state index contributed by atoms with van der Waals surface area (Å²) in [5.74, 6) is -2.84. The highest BCUT2D eigenvalue weighted by atomic mass is 79.9. The molecule has 1 aromatic heterocycles. The lowest BCUT2D eigenvalue weighted by molar-refractivity contribution is 0.101. The Balaban J connectivity index is 2.47. The number of halogens is 3. The second-order valence-electron chi connectivity index (χ2n) is 3.29. The minimum Gasteiger partial charge on any atom is -0.446 e. The highest BCUT2D eigenvalue weighted by molar-refractivity contribution is 9.10. The van der Waals surface area contributed by atoms with Gasteiger partial charge in [0.15, 0.2) is 22.1 Å². The number of anilines is 1. The molecule has 2 aromatic rings. The molecule has 0 aliphatic rings. The summed E-state index contributed by atoms with van der Waals surface area (Å²) < 4.78 is 31.2. The summed E-state index contributed by atoms with van der Waals surface area (Å²) in [6, 6.07) is 4.44. The Hall–Kier alpha value is -1.69. The molecule has 0 spiro atoms. The summed E-state index contributed by atoms with van der Waals surface area (Å²) in [5.41, 5.74) is 5.18. The molecule has 0 bridgehead atoms. The van der Waals surface area contributed by atoms with Crippen LogP contribution in [0.25, 0.3) is 0 Å². The lowest BCUT2D eigenvalue weighted by atomic mass is 10.1. The van der Waals surface area contributed by atoms with Crippen molar-refractivity contribution in [1.29, 1.82) is 0 Å². The molecule has 0 atom stereocenters. The molecule has 0 amide bonds. The second kappa shape index (κ2) is 4.29. The summed E-state index contributed by atoms with van der Waals surface area (Å²) in [5, 5.41) is 0. The molecule has 0 fully saturated rings. The lowest BCUT2D eigenvalue weighted by Crippen LogP contribution is -2.06. The number of rotatable bonds is 2. The molecule has 17 heavy (non-hydrogen) atoms. The Morgan fingerprint density at radius 1 is 1.24 bits per heavy atom. The van der Waals surface area contributed by atoms with E-state index >= 15 is 0 Å². The third-order valence-electron chi connectivity index (χ3n) is 2.13. The number of nitrogen functional groups attached to an aromatic ring is 1. The summed E-state index contributed by atoms with van der Waals surface area (Å²) in [6.45, 7) is 0. The van der Waals surface area contributed by atoms with E-state index in [9.17, 15) is 13.6 Å². The van der Waals surface area contributed by atoms with Crippen molar-refractivity contribution in [3.63, 3.8) is 0 Å². The Bertz CT molecular complexity index is 595. The Morgan fingerprint density at radius 2 is 1.88 bits per heavy atom. The number of carbonyl (C=O) groups is 1. The minimum atomic E-state index is -1.13. The molecule has 3 nitrogen and oxygen atoms in total. The molecule has 2 rings (SSSR count). The Kier molecular flexibility index (Phi) is 2.97. The monoisotopic (exact) mass is 301 g/mol. The van der Waals surface area contributed by atoms with Crippen molar-refractivity contribution in [3.8, 4) is 0 Å². The van der Waals surface area contributed by atoms with Crippen LogP contribution in [0, 0.1) is 11.6 Å². The topological polar surface area (TPSA) is 56.2 Å². The Labute approximate surface area is 103 Å². The van der Waals surface area contributed by atoms with Crippen LogP contribution in [-0.2, 0) is 0 Å². The zero-order valence-electron chi connectivity index (χ0n) is 8.34. The van der Waals surface area contributed by atoms with Gasteiger partial charge in [-0.3, -0.25) is 4.79 Å². The number of carbonyl (C=O) groups excluding carboxylic acids is 1. The first-order chi connectivity index (χ1) is 7.99. The van der Waals surface area contributed by atoms with Crippen LogP contribution in [0.1, 0.15) is 16.1 Å². The van der Waals surface area contributed by atoms with E-state index < -0.39 is 17.4 Å². The molecule has 0 saturated heterocycles. The van der Waals surface area contributed by atoms with Gasteiger partial charge in [0, 0.05) is 11.8 Å². The van der Waals surface area contributed by atoms with Gasteiger partial charge in [0.05, 0.1) is 5.56 Å².